The molecular formula is C21H24N4OS. The Morgan fingerprint density at radius 1 is 1.00 bits per heavy atom. The molecule has 0 aliphatic carbocycles. The van der Waals surface area contributed by atoms with E-state index in [2.05, 4.69) is 33.1 Å². The van der Waals surface area contributed by atoms with E-state index in [9.17, 15) is 4.79 Å². The summed E-state index contributed by atoms with van der Waals surface area (Å²) in [4.78, 5) is 26.1. The normalized spacial score (nSPS) is 15.3. The van der Waals surface area contributed by atoms with Crippen LogP contribution in [-0.4, -0.2) is 57.6 Å². The number of para-hydroxylation sites is 2. The molecule has 0 spiro atoms. The van der Waals surface area contributed by atoms with Crippen LogP contribution in [-0.2, 0) is 11.3 Å². The zero-order chi connectivity index (χ0) is 18.5. The number of benzene rings is 2. The number of aromatic amines is 1. The van der Waals surface area contributed by atoms with E-state index < -0.39 is 0 Å². The van der Waals surface area contributed by atoms with Crippen LogP contribution in [0.2, 0.25) is 0 Å². The van der Waals surface area contributed by atoms with E-state index in [4.69, 9.17) is 0 Å². The van der Waals surface area contributed by atoms with Crippen LogP contribution in [0.4, 0.5) is 0 Å². The third-order valence-corrected chi connectivity index (χ3v) is 5.88. The standard InChI is InChI=1S/C21H24N4OS/c26-21(10-15-27-17-6-2-1-3-7-17)25-13-11-24(12-14-25)16-20-22-18-8-4-5-9-19(18)23-20/h1-9H,10-16H2,(H,22,23). The van der Waals surface area contributed by atoms with E-state index in [-0.39, 0.29) is 5.91 Å². The van der Waals surface area contributed by atoms with Crippen molar-refractivity contribution >= 4 is 28.7 Å². The number of piperazine rings is 1. The molecule has 2 aromatic carbocycles. The van der Waals surface area contributed by atoms with E-state index in [0.717, 1.165) is 55.3 Å². The molecule has 0 saturated carbocycles. The average Bonchev–Trinajstić information content (AvgIpc) is 3.11. The number of thioether (sulfide) groups is 1. The number of hydrogen-bond donors (Lipinski definition) is 1. The first kappa shape index (κ1) is 18.1. The maximum Gasteiger partial charge on any atom is 0.223 e. The number of carbonyl (C=O) groups excluding carboxylic acids is 1. The second kappa shape index (κ2) is 8.59. The van der Waals surface area contributed by atoms with Crippen molar-refractivity contribution in [1.82, 2.24) is 19.8 Å². The SMILES string of the molecule is O=C(CCSc1ccccc1)N1CCN(Cc2nc3ccccc3[nH]2)CC1. The number of nitrogens with zero attached hydrogens (tertiary/aromatic N) is 3. The molecule has 0 bridgehead atoms. The third-order valence-electron chi connectivity index (χ3n) is 4.86. The van der Waals surface area contributed by atoms with Crippen LogP contribution in [0.1, 0.15) is 12.2 Å². The summed E-state index contributed by atoms with van der Waals surface area (Å²) in [7, 11) is 0. The Morgan fingerprint density at radius 3 is 2.52 bits per heavy atom. The lowest BCUT2D eigenvalue weighted by Crippen LogP contribution is -2.48. The molecule has 6 heteroatoms. The molecule has 1 saturated heterocycles. The molecule has 0 radical (unpaired) electrons. The van der Waals surface area contributed by atoms with Gasteiger partial charge in [-0.1, -0.05) is 30.3 Å². The molecule has 1 amide bonds. The van der Waals surface area contributed by atoms with Gasteiger partial charge in [-0.25, -0.2) is 4.98 Å². The van der Waals surface area contributed by atoms with Crippen molar-refractivity contribution in [2.75, 3.05) is 31.9 Å². The van der Waals surface area contributed by atoms with Crippen molar-refractivity contribution in [3.05, 3.63) is 60.4 Å². The fraction of sp³-hybridized carbons (Fsp3) is 0.333. The summed E-state index contributed by atoms with van der Waals surface area (Å²) < 4.78 is 0. The van der Waals surface area contributed by atoms with Crippen molar-refractivity contribution in [2.24, 2.45) is 0 Å². The summed E-state index contributed by atoms with van der Waals surface area (Å²) in [6.07, 6.45) is 0.600. The van der Waals surface area contributed by atoms with Crippen molar-refractivity contribution in [3.63, 3.8) is 0 Å². The third kappa shape index (κ3) is 4.70. The van der Waals surface area contributed by atoms with Crippen molar-refractivity contribution in [2.45, 2.75) is 17.9 Å². The zero-order valence-electron chi connectivity index (χ0n) is 15.3. The molecule has 5 nitrogen and oxygen atoms in total. The fourth-order valence-electron chi connectivity index (χ4n) is 3.38. The van der Waals surface area contributed by atoms with Crippen LogP contribution in [0.3, 0.4) is 0 Å². The number of rotatable bonds is 6. The predicted molar refractivity (Wildman–Crippen MR) is 110 cm³/mol. The van der Waals surface area contributed by atoms with Crippen LogP contribution < -0.4 is 0 Å². The average molecular weight is 381 g/mol. The van der Waals surface area contributed by atoms with Gasteiger partial charge in [-0.3, -0.25) is 9.69 Å². The first-order chi connectivity index (χ1) is 13.3. The molecule has 1 aliphatic rings. The molecular weight excluding hydrogens is 356 g/mol. The molecule has 1 N–H and O–H groups in total. The van der Waals surface area contributed by atoms with E-state index in [1.807, 2.05) is 41.3 Å². The molecule has 0 unspecified atom stereocenters. The molecule has 0 atom stereocenters. The van der Waals surface area contributed by atoms with E-state index in [1.165, 1.54) is 4.90 Å². The second-order valence-corrected chi connectivity index (χ2v) is 7.94. The van der Waals surface area contributed by atoms with Crippen molar-refractivity contribution < 1.29 is 4.79 Å². The number of H-pyrrole nitrogens is 1. The van der Waals surface area contributed by atoms with Crippen molar-refractivity contribution in [1.29, 1.82) is 0 Å². The highest BCUT2D eigenvalue weighted by molar-refractivity contribution is 7.99. The van der Waals surface area contributed by atoms with Gasteiger partial charge in [0, 0.05) is 43.2 Å². The largest absolute Gasteiger partial charge is 0.341 e. The van der Waals surface area contributed by atoms with Crippen LogP contribution in [0.25, 0.3) is 11.0 Å². The second-order valence-electron chi connectivity index (χ2n) is 6.77. The van der Waals surface area contributed by atoms with Gasteiger partial charge in [0.2, 0.25) is 5.91 Å². The van der Waals surface area contributed by atoms with Gasteiger partial charge in [0.05, 0.1) is 17.6 Å². The number of imidazole rings is 1. The topological polar surface area (TPSA) is 52.2 Å². The maximum absolute atomic E-state index is 12.4. The molecule has 1 aromatic heterocycles. The van der Waals surface area contributed by atoms with Crippen molar-refractivity contribution in [3.8, 4) is 0 Å². The zero-order valence-corrected chi connectivity index (χ0v) is 16.1. The van der Waals surface area contributed by atoms with Gasteiger partial charge in [-0.15, -0.1) is 11.8 Å². The van der Waals surface area contributed by atoms with Gasteiger partial charge in [0.1, 0.15) is 5.82 Å². The molecule has 1 aliphatic heterocycles. The molecule has 3 aromatic rings. The molecule has 4 rings (SSSR count). The highest BCUT2D eigenvalue weighted by atomic mass is 32.2. The summed E-state index contributed by atoms with van der Waals surface area (Å²) in [5, 5.41) is 0. The first-order valence-electron chi connectivity index (χ1n) is 9.39. The minimum Gasteiger partial charge on any atom is -0.341 e. The molecule has 2 heterocycles. The van der Waals surface area contributed by atoms with E-state index in [1.54, 1.807) is 11.8 Å². The number of hydrogen-bond acceptors (Lipinski definition) is 4. The summed E-state index contributed by atoms with van der Waals surface area (Å²) in [5.74, 6) is 2.10. The number of aromatic nitrogens is 2. The number of carbonyl (C=O) groups is 1. The molecule has 140 valence electrons. The lowest BCUT2D eigenvalue weighted by Gasteiger charge is -2.34. The Labute approximate surface area is 163 Å². The Balaban J connectivity index is 1.21. The van der Waals surface area contributed by atoms with E-state index in [0.29, 0.717) is 6.42 Å². The minimum atomic E-state index is 0.266. The fourth-order valence-corrected chi connectivity index (χ4v) is 4.24. The quantitative estimate of drug-likeness (QED) is 0.666. The number of fused-ring (bicyclic) bond motifs is 1. The summed E-state index contributed by atoms with van der Waals surface area (Å²) in [5.41, 5.74) is 2.09. The monoisotopic (exact) mass is 380 g/mol. The molecule has 27 heavy (non-hydrogen) atoms. The van der Waals surface area contributed by atoms with Crippen LogP contribution in [0.15, 0.2) is 59.5 Å². The molecule has 1 fully saturated rings. The van der Waals surface area contributed by atoms with Gasteiger partial charge >= 0.3 is 0 Å². The van der Waals surface area contributed by atoms with Gasteiger partial charge in [-0.05, 0) is 24.3 Å². The van der Waals surface area contributed by atoms with Gasteiger partial charge in [0.25, 0.3) is 0 Å². The smallest absolute Gasteiger partial charge is 0.223 e. The van der Waals surface area contributed by atoms with Crippen LogP contribution >= 0.6 is 11.8 Å². The van der Waals surface area contributed by atoms with Crippen LogP contribution in [0, 0.1) is 0 Å². The summed E-state index contributed by atoms with van der Waals surface area (Å²) in [6, 6.07) is 18.4. The summed E-state index contributed by atoms with van der Waals surface area (Å²) in [6.45, 7) is 4.20. The van der Waals surface area contributed by atoms with Gasteiger partial charge < -0.3 is 9.88 Å². The predicted octanol–water partition coefficient (Wildman–Crippen LogP) is 3.39. The maximum atomic E-state index is 12.4. The highest BCUT2D eigenvalue weighted by Gasteiger charge is 2.21. The number of amides is 1. The van der Waals surface area contributed by atoms with Gasteiger partial charge in [-0.2, -0.15) is 0 Å². The Morgan fingerprint density at radius 2 is 1.74 bits per heavy atom. The van der Waals surface area contributed by atoms with Crippen LogP contribution in [0.5, 0.6) is 0 Å². The summed E-state index contributed by atoms with van der Waals surface area (Å²) >= 11 is 1.75. The Hall–Kier alpha value is -2.31. The van der Waals surface area contributed by atoms with E-state index >= 15 is 0 Å². The number of nitrogens with one attached hydrogen (secondary N) is 1. The highest BCUT2D eigenvalue weighted by Crippen LogP contribution is 2.19. The first-order valence-corrected chi connectivity index (χ1v) is 10.4. The Bertz CT molecular complexity index is 854. The minimum absolute atomic E-state index is 0.266. The lowest BCUT2D eigenvalue weighted by molar-refractivity contribution is -0.132. The Kier molecular flexibility index (Phi) is 5.75. The lowest BCUT2D eigenvalue weighted by atomic mass is 10.3. The van der Waals surface area contributed by atoms with Gasteiger partial charge in [0.15, 0.2) is 0 Å².